The van der Waals surface area contributed by atoms with Crippen LogP contribution < -0.4 is 5.73 Å². The Balaban J connectivity index is 2.49. The van der Waals surface area contributed by atoms with E-state index in [1.807, 2.05) is 18.7 Å². The molecule has 1 fully saturated rings. The van der Waals surface area contributed by atoms with Crippen molar-refractivity contribution < 1.29 is 4.79 Å². The summed E-state index contributed by atoms with van der Waals surface area (Å²) in [6.45, 7) is 6.72. The van der Waals surface area contributed by atoms with Gasteiger partial charge in [-0.1, -0.05) is 38.4 Å². The van der Waals surface area contributed by atoms with Gasteiger partial charge in [0.2, 0.25) is 5.91 Å². The number of carbonyl (C=O) groups excluding carboxylic acids is 1. The second-order valence-corrected chi connectivity index (χ2v) is 6.91. The fourth-order valence-electron chi connectivity index (χ4n) is 3.11. The normalized spacial score (nSPS) is 22.8. The molecule has 0 aromatic carbocycles. The summed E-state index contributed by atoms with van der Waals surface area (Å²) in [5.41, 5.74) is 5.61. The lowest BCUT2D eigenvalue weighted by Crippen LogP contribution is -2.45. The van der Waals surface area contributed by atoms with Crippen LogP contribution in [0.15, 0.2) is 0 Å². The molecule has 0 aromatic heterocycles. The number of rotatable bonds is 7. The standard InChI is InChI=1S/C16H30N2OS/c1-4-5-6-13-7-9-14(10-8-13)16(19)18(12(2)3)11-15(17)20/h12-14H,4-11H2,1-3H3,(H2,17,20). The molecule has 1 aliphatic carbocycles. The van der Waals surface area contributed by atoms with Crippen molar-refractivity contribution in [3.05, 3.63) is 0 Å². The predicted molar refractivity (Wildman–Crippen MR) is 88.6 cm³/mol. The van der Waals surface area contributed by atoms with E-state index in [9.17, 15) is 4.79 Å². The van der Waals surface area contributed by atoms with Gasteiger partial charge in [0.1, 0.15) is 0 Å². The van der Waals surface area contributed by atoms with Crippen LogP contribution in [0.5, 0.6) is 0 Å². The fourth-order valence-corrected chi connectivity index (χ4v) is 3.25. The van der Waals surface area contributed by atoms with Gasteiger partial charge in [-0.25, -0.2) is 0 Å². The number of hydrogen-bond donors (Lipinski definition) is 1. The van der Waals surface area contributed by atoms with Gasteiger partial charge in [0, 0.05) is 12.0 Å². The Labute approximate surface area is 129 Å². The largest absolute Gasteiger partial charge is 0.392 e. The minimum atomic E-state index is 0.168. The molecule has 1 aliphatic rings. The SMILES string of the molecule is CCCCC1CCC(C(=O)N(CC(N)=S)C(C)C)CC1. The van der Waals surface area contributed by atoms with Crippen molar-refractivity contribution in [1.82, 2.24) is 4.90 Å². The van der Waals surface area contributed by atoms with Crippen LogP contribution in [0.4, 0.5) is 0 Å². The van der Waals surface area contributed by atoms with Crippen molar-refractivity contribution in [1.29, 1.82) is 0 Å². The molecule has 0 radical (unpaired) electrons. The molecule has 2 N–H and O–H groups in total. The Kier molecular flexibility index (Phi) is 7.49. The Morgan fingerprint density at radius 1 is 1.30 bits per heavy atom. The molecule has 0 aliphatic heterocycles. The summed E-state index contributed by atoms with van der Waals surface area (Å²) in [5.74, 6) is 1.27. The maximum absolute atomic E-state index is 12.6. The van der Waals surface area contributed by atoms with Gasteiger partial charge in [0.15, 0.2) is 0 Å². The zero-order chi connectivity index (χ0) is 15.1. The van der Waals surface area contributed by atoms with E-state index in [0.29, 0.717) is 11.5 Å². The van der Waals surface area contributed by atoms with Crippen LogP contribution in [-0.4, -0.2) is 28.4 Å². The number of carbonyl (C=O) groups is 1. The van der Waals surface area contributed by atoms with Crippen LogP contribution in [0.2, 0.25) is 0 Å². The number of amides is 1. The third kappa shape index (κ3) is 5.39. The Bertz CT molecular complexity index is 322. The summed E-state index contributed by atoms with van der Waals surface area (Å²) in [7, 11) is 0. The molecule has 3 nitrogen and oxygen atoms in total. The van der Waals surface area contributed by atoms with Gasteiger partial charge >= 0.3 is 0 Å². The number of unbranched alkanes of at least 4 members (excludes halogenated alkanes) is 1. The monoisotopic (exact) mass is 298 g/mol. The maximum atomic E-state index is 12.6. The highest BCUT2D eigenvalue weighted by molar-refractivity contribution is 7.80. The van der Waals surface area contributed by atoms with Crippen molar-refractivity contribution in [3.8, 4) is 0 Å². The lowest BCUT2D eigenvalue weighted by Gasteiger charge is -2.34. The second kappa shape index (κ2) is 8.60. The van der Waals surface area contributed by atoms with E-state index in [0.717, 1.165) is 18.8 Å². The van der Waals surface area contributed by atoms with Crippen LogP contribution in [0, 0.1) is 11.8 Å². The fraction of sp³-hybridized carbons (Fsp3) is 0.875. The molecule has 0 atom stereocenters. The van der Waals surface area contributed by atoms with E-state index in [2.05, 4.69) is 6.92 Å². The summed E-state index contributed by atoms with van der Waals surface area (Å²) in [6, 6.07) is 0.168. The number of nitrogens with two attached hydrogens (primary N) is 1. The predicted octanol–water partition coefficient (Wildman–Crippen LogP) is 3.51. The van der Waals surface area contributed by atoms with Gasteiger partial charge in [-0.15, -0.1) is 0 Å². The lowest BCUT2D eigenvalue weighted by atomic mass is 9.79. The highest BCUT2D eigenvalue weighted by Gasteiger charge is 2.30. The second-order valence-electron chi connectivity index (χ2n) is 6.39. The molecule has 0 heterocycles. The van der Waals surface area contributed by atoms with Crippen LogP contribution in [0.3, 0.4) is 0 Å². The van der Waals surface area contributed by atoms with Gasteiger partial charge in [0.25, 0.3) is 0 Å². The molecule has 20 heavy (non-hydrogen) atoms. The van der Waals surface area contributed by atoms with Gasteiger partial charge in [0.05, 0.1) is 11.5 Å². The molecular formula is C16H30N2OS. The van der Waals surface area contributed by atoms with E-state index in [1.54, 1.807) is 0 Å². The molecule has 1 amide bonds. The highest BCUT2D eigenvalue weighted by Crippen LogP contribution is 2.33. The van der Waals surface area contributed by atoms with Crippen molar-refractivity contribution in [2.75, 3.05) is 6.54 Å². The van der Waals surface area contributed by atoms with Crippen LogP contribution in [0.1, 0.15) is 65.7 Å². The molecule has 0 spiro atoms. The van der Waals surface area contributed by atoms with Crippen molar-refractivity contribution in [3.63, 3.8) is 0 Å². The summed E-state index contributed by atoms with van der Waals surface area (Å²) in [5, 5.41) is 0. The number of nitrogens with zero attached hydrogens (tertiary/aromatic N) is 1. The first-order valence-corrected chi connectivity index (χ1v) is 8.45. The molecule has 116 valence electrons. The molecule has 1 rings (SSSR count). The van der Waals surface area contributed by atoms with E-state index in [4.69, 9.17) is 18.0 Å². The first kappa shape index (κ1) is 17.4. The third-order valence-electron chi connectivity index (χ3n) is 4.39. The maximum Gasteiger partial charge on any atom is 0.226 e. The average molecular weight is 298 g/mol. The summed E-state index contributed by atoms with van der Waals surface area (Å²) in [4.78, 5) is 14.9. The van der Waals surface area contributed by atoms with Gasteiger partial charge in [-0.05, 0) is 45.4 Å². The molecule has 0 aromatic rings. The first-order chi connectivity index (χ1) is 9.45. The minimum Gasteiger partial charge on any atom is -0.392 e. The van der Waals surface area contributed by atoms with Gasteiger partial charge in [-0.2, -0.15) is 0 Å². The number of hydrogen-bond acceptors (Lipinski definition) is 2. The van der Waals surface area contributed by atoms with E-state index < -0.39 is 0 Å². The van der Waals surface area contributed by atoms with Gasteiger partial charge in [-0.3, -0.25) is 4.79 Å². The Morgan fingerprint density at radius 3 is 2.35 bits per heavy atom. The Hall–Kier alpha value is -0.640. The zero-order valence-electron chi connectivity index (χ0n) is 13.2. The Morgan fingerprint density at radius 2 is 1.90 bits per heavy atom. The zero-order valence-corrected chi connectivity index (χ0v) is 14.0. The molecule has 4 heteroatoms. The summed E-state index contributed by atoms with van der Waals surface area (Å²) < 4.78 is 0. The smallest absolute Gasteiger partial charge is 0.226 e. The third-order valence-corrected chi connectivity index (χ3v) is 4.52. The van der Waals surface area contributed by atoms with Crippen molar-refractivity contribution in [2.24, 2.45) is 17.6 Å². The van der Waals surface area contributed by atoms with Crippen molar-refractivity contribution in [2.45, 2.75) is 71.8 Å². The lowest BCUT2D eigenvalue weighted by molar-refractivity contribution is -0.137. The molecule has 1 saturated carbocycles. The first-order valence-electron chi connectivity index (χ1n) is 8.04. The van der Waals surface area contributed by atoms with E-state index in [-0.39, 0.29) is 17.9 Å². The summed E-state index contributed by atoms with van der Waals surface area (Å²) >= 11 is 4.96. The molecule has 0 saturated heterocycles. The highest BCUT2D eigenvalue weighted by atomic mass is 32.1. The van der Waals surface area contributed by atoms with Gasteiger partial charge < -0.3 is 10.6 Å². The molecular weight excluding hydrogens is 268 g/mol. The van der Waals surface area contributed by atoms with Crippen LogP contribution in [0.25, 0.3) is 0 Å². The number of thiocarbonyl (C=S) groups is 1. The molecule has 0 unspecified atom stereocenters. The van der Waals surface area contributed by atoms with E-state index in [1.165, 1.54) is 32.1 Å². The topological polar surface area (TPSA) is 46.3 Å². The van der Waals surface area contributed by atoms with Crippen molar-refractivity contribution >= 4 is 23.1 Å². The summed E-state index contributed by atoms with van der Waals surface area (Å²) in [6.07, 6.45) is 8.40. The van der Waals surface area contributed by atoms with E-state index >= 15 is 0 Å². The quantitative estimate of drug-likeness (QED) is 0.732. The van der Waals surface area contributed by atoms with Crippen LogP contribution >= 0.6 is 12.2 Å². The minimum absolute atomic E-state index is 0.168. The average Bonchev–Trinajstić information content (AvgIpc) is 2.42. The molecule has 0 bridgehead atoms. The van der Waals surface area contributed by atoms with Crippen LogP contribution in [-0.2, 0) is 4.79 Å².